The van der Waals surface area contributed by atoms with Gasteiger partial charge in [0.15, 0.2) is 0 Å². The average molecular weight is 965 g/mol. The molecule has 0 saturated heterocycles. The van der Waals surface area contributed by atoms with E-state index in [0.29, 0.717) is 0 Å². The first-order valence-electron chi connectivity index (χ1n) is 26.5. The van der Waals surface area contributed by atoms with Gasteiger partial charge in [-0.25, -0.2) is 0 Å². The maximum Gasteiger partial charge on any atom is 0.0754 e. The first-order valence-corrected chi connectivity index (χ1v) is 26.5. The van der Waals surface area contributed by atoms with Crippen molar-refractivity contribution in [2.45, 2.75) is 10.8 Å². The lowest BCUT2D eigenvalue weighted by Gasteiger charge is -2.40. The molecular weight excluding hydrogens is 917 g/mol. The Morgan fingerprint density at radius 3 is 1.42 bits per heavy atom. The first-order chi connectivity index (χ1) is 37.7. The molecule has 354 valence electrons. The smallest absolute Gasteiger partial charge is 0.0754 e. The van der Waals surface area contributed by atoms with E-state index in [-0.39, 0.29) is 0 Å². The minimum atomic E-state index is -0.523. The Balaban J connectivity index is 0.851. The van der Waals surface area contributed by atoms with Crippen LogP contribution < -0.4 is 4.90 Å². The average Bonchev–Trinajstić information content (AvgIpc) is 4.29. The second-order valence-electron chi connectivity index (χ2n) is 20.7. The lowest BCUT2D eigenvalue weighted by molar-refractivity contribution is 0.749. The molecule has 16 rings (SSSR count). The summed E-state index contributed by atoms with van der Waals surface area (Å²) >= 11 is 0. The Morgan fingerprint density at radius 1 is 0.263 bits per heavy atom. The molecule has 2 heterocycles. The minimum Gasteiger partial charge on any atom is -0.310 e. The molecule has 0 atom stereocenters. The van der Waals surface area contributed by atoms with E-state index in [1.54, 1.807) is 0 Å². The number of para-hydroxylation sites is 3. The summed E-state index contributed by atoms with van der Waals surface area (Å²) in [4.78, 5) is 2.40. The highest BCUT2D eigenvalue weighted by atomic mass is 15.1. The van der Waals surface area contributed by atoms with Crippen molar-refractivity contribution in [3.8, 4) is 50.2 Å². The Bertz CT molecular complexity index is 4370. The van der Waals surface area contributed by atoms with Gasteiger partial charge in [-0.05, 0) is 156 Å². The molecule has 12 aromatic carbocycles. The van der Waals surface area contributed by atoms with Crippen LogP contribution in [0.2, 0.25) is 0 Å². The molecule has 1 spiro atoms. The zero-order valence-electron chi connectivity index (χ0n) is 41.6. The topological polar surface area (TPSA) is 8.17 Å². The number of hydrogen-bond acceptors (Lipinski definition) is 1. The molecule has 2 aliphatic carbocycles. The summed E-state index contributed by atoms with van der Waals surface area (Å²) in [6, 6.07) is 109. The van der Waals surface area contributed by atoms with Crippen molar-refractivity contribution >= 4 is 38.9 Å². The van der Waals surface area contributed by atoms with Crippen molar-refractivity contribution < 1.29 is 0 Å². The second-order valence-corrected chi connectivity index (χ2v) is 20.7. The van der Waals surface area contributed by atoms with Gasteiger partial charge in [-0.1, -0.05) is 224 Å². The lowest BCUT2D eigenvalue weighted by atomic mass is 9.65. The van der Waals surface area contributed by atoms with Gasteiger partial charge in [-0.2, -0.15) is 0 Å². The fourth-order valence-electron chi connectivity index (χ4n) is 14.0. The highest BCUT2D eigenvalue weighted by Gasteiger charge is 2.51. The predicted octanol–water partition coefficient (Wildman–Crippen LogP) is 18.6. The van der Waals surface area contributed by atoms with Gasteiger partial charge in [0.2, 0.25) is 0 Å². The summed E-state index contributed by atoms with van der Waals surface area (Å²) in [7, 11) is 0. The zero-order chi connectivity index (χ0) is 50.0. The van der Waals surface area contributed by atoms with Crippen LogP contribution in [0, 0.1) is 0 Å². The van der Waals surface area contributed by atoms with Crippen LogP contribution in [-0.4, -0.2) is 4.57 Å². The molecule has 0 bridgehead atoms. The minimum absolute atomic E-state index is 0.462. The first kappa shape index (κ1) is 42.7. The number of nitrogens with zero attached hydrogens (tertiary/aromatic N) is 2. The summed E-state index contributed by atoms with van der Waals surface area (Å²) in [5, 5.41) is 2.52. The lowest BCUT2D eigenvalue weighted by Crippen LogP contribution is -2.33. The third-order valence-corrected chi connectivity index (χ3v) is 17.0. The van der Waals surface area contributed by atoms with Crippen LogP contribution in [0.3, 0.4) is 0 Å². The number of anilines is 3. The van der Waals surface area contributed by atoms with Crippen LogP contribution in [0.4, 0.5) is 17.1 Å². The monoisotopic (exact) mass is 964 g/mol. The molecule has 0 N–H and O–H groups in total. The van der Waals surface area contributed by atoms with E-state index in [0.717, 1.165) is 22.6 Å². The van der Waals surface area contributed by atoms with E-state index >= 15 is 0 Å². The highest BCUT2D eigenvalue weighted by molar-refractivity contribution is 6.14. The third-order valence-electron chi connectivity index (χ3n) is 17.0. The van der Waals surface area contributed by atoms with E-state index in [1.165, 1.54) is 111 Å². The fraction of sp³-hybridized carbons (Fsp3) is 0.0270. The standard InChI is InChI=1S/C74H48N2/c1-4-22-53(23-5-1)73(54-24-6-2-7-25-54)64-33-14-10-31-60(64)61-44-41-51(47-68(61)73)49-39-42-56(43-40-49)75(55-26-8-3-9-27-55)57-28-20-21-50(45-57)52-46-63-62-32-13-18-37-70(62)76-71-38-19-17-36-67(71)74(69(48-52)72(63)76)65-34-15-11-29-58(65)59-30-12-16-35-66(59)74/h1-48H. The number of rotatable bonds is 7. The molecular formula is C74H48N2. The molecule has 3 aliphatic rings. The van der Waals surface area contributed by atoms with Crippen LogP contribution in [0.15, 0.2) is 291 Å². The van der Waals surface area contributed by atoms with Gasteiger partial charge in [0.1, 0.15) is 0 Å². The maximum atomic E-state index is 2.54. The number of aromatic nitrogens is 1. The largest absolute Gasteiger partial charge is 0.310 e. The van der Waals surface area contributed by atoms with Crippen molar-refractivity contribution in [2.75, 3.05) is 4.90 Å². The van der Waals surface area contributed by atoms with E-state index in [1.807, 2.05) is 0 Å². The van der Waals surface area contributed by atoms with E-state index in [4.69, 9.17) is 0 Å². The fourth-order valence-corrected chi connectivity index (χ4v) is 14.0. The summed E-state index contributed by atoms with van der Waals surface area (Å²) in [6.45, 7) is 0. The van der Waals surface area contributed by atoms with E-state index < -0.39 is 10.8 Å². The van der Waals surface area contributed by atoms with Crippen molar-refractivity contribution in [1.29, 1.82) is 0 Å². The van der Waals surface area contributed by atoms with Gasteiger partial charge < -0.3 is 9.47 Å². The van der Waals surface area contributed by atoms with E-state index in [9.17, 15) is 0 Å². The van der Waals surface area contributed by atoms with Crippen LogP contribution in [0.5, 0.6) is 0 Å². The van der Waals surface area contributed by atoms with Crippen molar-refractivity contribution in [3.63, 3.8) is 0 Å². The number of fused-ring (bicyclic) bond motifs is 15. The molecule has 0 saturated carbocycles. The predicted molar refractivity (Wildman–Crippen MR) is 315 cm³/mol. The molecule has 0 unspecified atom stereocenters. The summed E-state index contributed by atoms with van der Waals surface area (Å²) in [5.74, 6) is 0. The van der Waals surface area contributed by atoms with Gasteiger partial charge in [0, 0.05) is 27.8 Å². The highest BCUT2D eigenvalue weighted by Crippen LogP contribution is 2.62. The molecule has 2 nitrogen and oxygen atoms in total. The number of benzene rings is 12. The van der Waals surface area contributed by atoms with Gasteiger partial charge in [0.05, 0.1) is 27.6 Å². The SMILES string of the molecule is c1ccc(N(c2ccc(-c3ccc4c(c3)C(c3ccccc3)(c3ccccc3)c3ccccc3-4)cc2)c2cccc(-c3cc4c5c(c3)c3ccccc3n5-c3ccccc3C43c4ccccc4-c4ccccc43)c2)cc1. The van der Waals surface area contributed by atoms with Gasteiger partial charge in [-0.3, -0.25) is 0 Å². The zero-order valence-corrected chi connectivity index (χ0v) is 41.6. The molecule has 0 fully saturated rings. The van der Waals surface area contributed by atoms with Crippen LogP contribution in [0.1, 0.15) is 44.5 Å². The molecule has 13 aromatic rings. The van der Waals surface area contributed by atoms with Crippen LogP contribution >= 0.6 is 0 Å². The Labute approximate surface area is 442 Å². The van der Waals surface area contributed by atoms with Gasteiger partial charge in [0.25, 0.3) is 0 Å². The Hall–Kier alpha value is -9.76. The summed E-state index contributed by atoms with van der Waals surface area (Å²) < 4.78 is 2.54. The molecule has 76 heavy (non-hydrogen) atoms. The van der Waals surface area contributed by atoms with Crippen molar-refractivity contribution in [3.05, 3.63) is 336 Å². The molecule has 1 aromatic heterocycles. The molecule has 2 heteroatoms. The number of hydrogen-bond donors (Lipinski definition) is 0. The molecule has 0 amide bonds. The van der Waals surface area contributed by atoms with E-state index in [2.05, 4.69) is 301 Å². The van der Waals surface area contributed by atoms with Crippen molar-refractivity contribution in [2.24, 2.45) is 0 Å². The molecule has 1 aliphatic heterocycles. The van der Waals surface area contributed by atoms with Gasteiger partial charge in [-0.15, -0.1) is 0 Å². The van der Waals surface area contributed by atoms with Crippen LogP contribution in [-0.2, 0) is 10.8 Å². The van der Waals surface area contributed by atoms with Crippen LogP contribution in [0.25, 0.3) is 72.0 Å². The second kappa shape index (κ2) is 16.4. The maximum absolute atomic E-state index is 2.54. The Kier molecular flexibility index (Phi) is 9.20. The third kappa shape index (κ3) is 5.81. The molecule has 0 radical (unpaired) electrons. The quantitative estimate of drug-likeness (QED) is 0.155. The summed E-state index contributed by atoms with van der Waals surface area (Å²) in [5.41, 5.74) is 26.4. The summed E-state index contributed by atoms with van der Waals surface area (Å²) in [6.07, 6.45) is 0. The van der Waals surface area contributed by atoms with Gasteiger partial charge >= 0.3 is 0 Å². The normalized spacial score (nSPS) is 13.7. The Morgan fingerprint density at radius 2 is 0.750 bits per heavy atom. The van der Waals surface area contributed by atoms with Crippen molar-refractivity contribution in [1.82, 2.24) is 4.57 Å².